The molecule has 0 radical (unpaired) electrons. The lowest BCUT2D eigenvalue weighted by molar-refractivity contribution is 0.0222. The molecule has 1 amide bonds. The number of fused-ring (bicyclic) bond motifs is 1. The Kier molecular flexibility index (Phi) is 5.17. The van der Waals surface area contributed by atoms with Gasteiger partial charge in [-0.2, -0.15) is 9.78 Å². The van der Waals surface area contributed by atoms with Crippen molar-refractivity contribution < 1.29 is 19.1 Å². The number of rotatable bonds is 0. The number of nitrogens with zero attached hydrogens (tertiary/aromatic N) is 3. The van der Waals surface area contributed by atoms with Gasteiger partial charge in [0.1, 0.15) is 14.9 Å². The fourth-order valence-corrected chi connectivity index (χ4v) is 3.02. The van der Waals surface area contributed by atoms with Gasteiger partial charge in [-0.1, -0.05) is 0 Å². The lowest BCUT2D eigenvalue weighted by Crippen LogP contribution is -2.40. The zero-order chi connectivity index (χ0) is 18.3. The molecule has 1 aliphatic heterocycles. The third kappa shape index (κ3) is 4.61. The minimum atomic E-state index is -0.585. The summed E-state index contributed by atoms with van der Waals surface area (Å²) in [5, 5.41) is 4.29. The van der Waals surface area contributed by atoms with Gasteiger partial charge in [0.05, 0.1) is 12.2 Å². The van der Waals surface area contributed by atoms with Crippen LogP contribution in [-0.2, 0) is 22.4 Å². The van der Waals surface area contributed by atoms with E-state index in [9.17, 15) is 9.59 Å². The summed E-state index contributed by atoms with van der Waals surface area (Å²) in [5.74, 6) is 0. The summed E-state index contributed by atoms with van der Waals surface area (Å²) >= 11 is 2.08. The lowest BCUT2D eigenvalue weighted by atomic mass is 10.1. The van der Waals surface area contributed by atoms with Crippen molar-refractivity contribution in [3.8, 4) is 0 Å². The van der Waals surface area contributed by atoms with E-state index in [4.69, 9.17) is 9.47 Å². The summed E-state index contributed by atoms with van der Waals surface area (Å²) in [4.78, 5) is 26.2. The molecule has 134 valence electrons. The van der Waals surface area contributed by atoms with Gasteiger partial charge in [0.25, 0.3) is 0 Å². The van der Waals surface area contributed by atoms with Crippen LogP contribution in [0.15, 0.2) is 0 Å². The number of carbonyl (C=O) groups excluding carboxylic acids is 2. The molecule has 0 aromatic carbocycles. The van der Waals surface area contributed by atoms with E-state index in [-0.39, 0.29) is 6.09 Å². The van der Waals surface area contributed by atoms with E-state index in [1.54, 1.807) is 4.90 Å². The molecule has 1 aromatic heterocycles. The molecule has 24 heavy (non-hydrogen) atoms. The number of ether oxygens (including phenoxy) is 2. The first kappa shape index (κ1) is 19.0. The number of hydrogen-bond donors (Lipinski definition) is 0. The normalized spacial score (nSPS) is 15.0. The van der Waals surface area contributed by atoms with Crippen molar-refractivity contribution in [1.29, 1.82) is 0 Å². The SMILES string of the molecule is CC(C)(C)OC(=O)N1CCc2c(c(I)nn2C(=O)OC(C)(C)C)C1. The zero-order valence-corrected chi connectivity index (χ0v) is 17.1. The molecule has 0 aliphatic carbocycles. The molecule has 8 heteroatoms. The highest BCUT2D eigenvalue weighted by atomic mass is 127. The second-order valence-electron chi connectivity index (χ2n) is 7.76. The molecular formula is C16H24IN3O4. The minimum absolute atomic E-state index is 0.353. The first-order valence-electron chi connectivity index (χ1n) is 7.85. The van der Waals surface area contributed by atoms with Crippen molar-refractivity contribution in [2.45, 2.75) is 65.7 Å². The van der Waals surface area contributed by atoms with Crippen molar-refractivity contribution >= 4 is 34.8 Å². The van der Waals surface area contributed by atoms with Crippen molar-refractivity contribution in [3.05, 3.63) is 15.0 Å². The van der Waals surface area contributed by atoms with Crippen LogP contribution in [0.5, 0.6) is 0 Å². The molecule has 2 heterocycles. The van der Waals surface area contributed by atoms with Crippen molar-refractivity contribution in [2.75, 3.05) is 6.54 Å². The Bertz CT molecular complexity index is 656. The van der Waals surface area contributed by atoms with Gasteiger partial charge in [-0.25, -0.2) is 9.59 Å². The molecule has 0 saturated carbocycles. The van der Waals surface area contributed by atoms with Crippen LogP contribution >= 0.6 is 22.6 Å². The lowest BCUT2D eigenvalue weighted by Gasteiger charge is -2.30. The Hall–Kier alpha value is -1.32. The maximum absolute atomic E-state index is 12.3. The second-order valence-corrected chi connectivity index (χ2v) is 8.78. The highest BCUT2D eigenvalue weighted by Gasteiger charge is 2.32. The predicted octanol–water partition coefficient (Wildman–Crippen LogP) is 3.56. The smallest absolute Gasteiger partial charge is 0.435 e. The molecule has 0 saturated heterocycles. The summed E-state index contributed by atoms with van der Waals surface area (Å²) in [6.07, 6.45) is -0.314. The molecule has 0 fully saturated rings. The second kappa shape index (κ2) is 6.53. The highest BCUT2D eigenvalue weighted by Crippen LogP contribution is 2.26. The molecular weight excluding hydrogens is 425 g/mol. The first-order valence-corrected chi connectivity index (χ1v) is 8.93. The van der Waals surface area contributed by atoms with E-state index in [1.165, 1.54) is 4.68 Å². The number of halogens is 1. The topological polar surface area (TPSA) is 73.7 Å². The van der Waals surface area contributed by atoms with Crippen LogP contribution in [0.25, 0.3) is 0 Å². The zero-order valence-electron chi connectivity index (χ0n) is 15.0. The van der Waals surface area contributed by atoms with Crippen LogP contribution in [0.3, 0.4) is 0 Å². The van der Waals surface area contributed by atoms with Crippen LogP contribution in [0.4, 0.5) is 9.59 Å². The summed E-state index contributed by atoms with van der Waals surface area (Å²) < 4.78 is 12.8. The van der Waals surface area contributed by atoms with Gasteiger partial charge in [0, 0.05) is 18.5 Å². The van der Waals surface area contributed by atoms with E-state index < -0.39 is 17.3 Å². The maximum Gasteiger partial charge on any atom is 0.435 e. The third-order valence-electron chi connectivity index (χ3n) is 3.23. The summed E-state index contributed by atoms with van der Waals surface area (Å²) in [5.41, 5.74) is 0.552. The van der Waals surface area contributed by atoms with Crippen LogP contribution < -0.4 is 0 Å². The van der Waals surface area contributed by atoms with E-state index in [0.717, 1.165) is 11.3 Å². The van der Waals surface area contributed by atoms with Crippen LogP contribution in [0, 0.1) is 3.70 Å². The molecule has 0 unspecified atom stereocenters. The maximum atomic E-state index is 12.3. The quantitative estimate of drug-likeness (QED) is 0.567. The van der Waals surface area contributed by atoms with Crippen molar-refractivity contribution in [2.24, 2.45) is 0 Å². The Labute approximate surface area is 155 Å². The Morgan fingerprint density at radius 3 is 2.12 bits per heavy atom. The van der Waals surface area contributed by atoms with Gasteiger partial charge in [-0.05, 0) is 64.1 Å². The predicted molar refractivity (Wildman–Crippen MR) is 96.9 cm³/mol. The molecule has 7 nitrogen and oxygen atoms in total. The molecule has 0 N–H and O–H groups in total. The summed E-state index contributed by atoms with van der Waals surface area (Å²) in [6.45, 7) is 11.8. The van der Waals surface area contributed by atoms with Crippen LogP contribution in [0.2, 0.25) is 0 Å². The minimum Gasteiger partial charge on any atom is -0.444 e. The van der Waals surface area contributed by atoms with Crippen molar-refractivity contribution in [3.63, 3.8) is 0 Å². The number of hydrogen-bond acceptors (Lipinski definition) is 5. The number of aromatic nitrogens is 2. The molecule has 0 spiro atoms. The third-order valence-corrected chi connectivity index (χ3v) is 4.09. The Morgan fingerprint density at radius 2 is 1.58 bits per heavy atom. The monoisotopic (exact) mass is 449 g/mol. The fraction of sp³-hybridized carbons (Fsp3) is 0.688. The average molecular weight is 449 g/mol. The largest absolute Gasteiger partial charge is 0.444 e. The standard InChI is InChI=1S/C16H24IN3O4/c1-15(2,3)23-13(21)19-8-7-11-10(9-19)12(17)18-20(11)14(22)24-16(4,5)6/h7-9H2,1-6H3. The molecule has 2 rings (SSSR count). The van der Waals surface area contributed by atoms with Crippen LogP contribution in [0.1, 0.15) is 52.8 Å². The van der Waals surface area contributed by atoms with Gasteiger partial charge in [0.2, 0.25) is 0 Å². The van der Waals surface area contributed by atoms with E-state index >= 15 is 0 Å². The molecule has 1 aromatic rings. The van der Waals surface area contributed by atoms with E-state index in [2.05, 4.69) is 27.7 Å². The first-order chi connectivity index (χ1) is 10.9. The molecule has 0 atom stereocenters. The van der Waals surface area contributed by atoms with E-state index in [1.807, 2.05) is 41.5 Å². The molecule has 0 bridgehead atoms. The van der Waals surface area contributed by atoms with Gasteiger partial charge in [0.15, 0.2) is 0 Å². The highest BCUT2D eigenvalue weighted by molar-refractivity contribution is 14.1. The van der Waals surface area contributed by atoms with Crippen LogP contribution in [-0.4, -0.2) is 44.6 Å². The summed E-state index contributed by atoms with van der Waals surface area (Å²) in [7, 11) is 0. The summed E-state index contributed by atoms with van der Waals surface area (Å²) in [6, 6.07) is 0. The Balaban J connectivity index is 2.19. The average Bonchev–Trinajstić information content (AvgIpc) is 2.72. The van der Waals surface area contributed by atoms with E-state index in [0.29, 0.717) is 23.2 Å². The molecule has 1 aliphatic rings. The van der Waals surface area contributed by atoms with Gasteiger partial charge >= 0.3 is 12.2 Å². The van der Waals surface area contributed by atoms with Gasteiger partial charge in [-0.15, -0.1) is 0 Å². The van der Waals surface area contributed by atoms with Gasteiger partial charge in [-0.3, -0.25) is 0 Å². The fourth-order valence-electron chi connectivity index (χ4n) is 2.32. The number of carbonyl (C=O) groups is 2. The number of amides is 1. The Morgan fingerprint density at radius 1 is 1.04 bits per heavy atom. The van der Waals surface area contributed by atoms with Gasteiger partial charge < -0.3 is 14.4 Å². The van der Waals surface area contributed by atoms with Crippen molar-refractivity contribution in [1.82, 2.24) is 14.7 Å².